The zero-order valence-corrected chi connectivity index (χ0v) is 15.2. The van der Waals surface area contributed by atoms with Crippen LogP contribution in [0.3, 0.4) is 0 Å². The predicted molar refractivity (Wildman–Crippen MR) is 106 cm³/mol. The van der Waals surface area contributed by atoms with E-state index in [1.54, 1.807) is 24.4 Å². The fourth-order valence-corrected chi connectivity index (χ4v) is 3.08. The summed E-state index contributed by atoms with van der Waals surface area (Å²) in [6, 6.07) is 16.9. The molecule has 0 saturated heterocycles. The molecule has 4 rings (SSSR count). The summed E-state index contributed by atoms with van der Waals surface area (Å²) in [5.41, 5.74) is 2.49. The molecule has 1 N–H and O–H groups in total. The van der Waals surface area contributed by atoms with Gasteiger partial charge in [-0.1, -0.05) is 36.4 Å². The van der Waals surface area contributed by atoms with E-state index in [1.807, 2.05) is 47.3 Å². The summed E-state index contributed by atoms with van der Waals surface area (Å²) in [5, 5.41) is 7.61. The third-order valence-corrected chi connectivity index (χ3v) is 4.53. The molecule has 0 saturated carbocycles. The summed E-state index contributed by atoms with van der Waals surface area (Å²) in [6.45, 7) is 0.942. The van der Waals surface area contributed by atoms with E-state index >= 15 is 0 Å². The average Bonchev–Trinajstić information content (AvgIpc) is 3.23. The minimum Gasteiger partial charge on any atom is -0.350 e. The number of hydrogen-bond donors (Lipinski definition) is 1. The Morgan fingerprint density at radius 3 is 2.61 bits per heavy atom. The maximum Gasteiger partial charge on any atom is 0.261 e. The first-order chi connectivity index (χ1) is 13.7. The van der Waals surface area contributed by atoms with Gasteiger partial charge in [-0.15, -0.1) is 0 Å². The quantitative estimate of drug-likeness (QED) is 0.560. The van der Waals surface area contributed by atoms with Crippen molar-refractivity contribution in [2.24, 2.45) is 0 Å². The minimum atomic E-state index is -0.243. The van der Waals surface area contributed by atoms with Gasteiger partial charge in [-0.05, 0) is 29.3 Å². The first-order valence-electron chi connectivity index (χ1n) is 8.96. The molecule has 7 heteroatoms. The van der Waals surface area contributed by atoms with Gasteiger partial charge in [-0.3, -0.25) is 18.8 Å². The van der Waals surface area contributed by atoms with Crippen LogP contribution >= 0.6 is 0 Å². The molecule has 2 heterocycles. The lowest BCUT2D eigenvalue weighted by atomic mass is 10.1. The Morgan fingerprint density at radius 2 is 1.79 bits per heavy atom. The number of hydrogen-bond acceptors (Lipinski definition) is 4. The van der Waals surface area contributed by atoms with Crippen LogP contribution in [0.4, 0.5) is 0 Å². The SMILES string of the molecule is O=C(Cn1cnc2ccccc2c1=O)NCc1ccccc1Cn1cccn1. The number of carbonyl (C=O) groups is 1. The van der Waals surface area contributed by atoms with Crippen molar-refractivity contribution < 1.29 is 4.79 Å². The second-order valence-corrected chi connectivity index (χ2v) is 6.44. The van der Waals surface area contributed by atoms with Crippen LogP contribution in [0.2, 0.25) is 0 Å². The van der Waals surface area contributed by atoms with Gasteiger partial charge in [0.1, 0.15) is 6.54 Å². The van der Waals surface area contributed by atoms with Crippen LogP contribution in [-0.4, -0.2) is 25.2 Å². The molecular formula is C21H19N5O2. The van der Waals surface area contributed by atoms with Crippen LogP contribution in [0.5, 0.6) is 0 Å². The summed E-state index contributed by atoms with van der Waals surface area (Å²) >= 11 is 0. The molecule has 0 aliphatic rings. The molecule has 0 bridgehead atoms. The number of carbonyl (C=O) groups excluding carboxylic acids is 1. The summed E-state index contributed by atoms with van der Waals surface area (Å²) in [6.07, 6.45) is 5.05. The highest BCUT2D eigenvalue weighted by atomic mass is 16.2. The zero-order valence-electron chi connectivity index (χ0n) is 15.2. The lowest BCUT2D eigenvalue weighted by Crippen LogP contribution is -2.32. The highest BCUT2D eigenvalue weighted by Crippen LogP contribution is 2.10. The number of benzene rings is 2. The second kappa shape index (κ2) is 7.87. The van der Waals surface area contributed by atoms with Crippen molar-refractivity contribution in [3.8, 4) is 0 Å². The number of amides is 1. The van der Waals surface area contributed by atoms with Crippen molar-refractivity contribution in [1.82, 2.24) is 24.6 Å². The lowest BCUT2D eigenvalue weighted by molar-refractivity contribution is -0.121. The molecule has 1 amide bonds. The fourth-order valence-electron chi connectivity index (χ4n) is 3.08. The van der Waals surface area contributed by atoms with Gasteiger partial charge >= 0.3 is 0 Å². The summed E-state index contributed by atoms with van der Waals surface area (Å²) in [7, 11) is 0. The molecule has 0 atom stereocenters. The van der Waals surface area contributed by atoms with Crippen molar-refractivity contribution in [1.29, 1.82) is 0 Å². The monoisotopic (exact) mass is 373 g/mol. The predicted octanol–water partition coefficient (Wildman–Crippen LogP) is 1.96. The fraction of sp³-hybridized carbons (Fsp3) is 0.143. The van der Waals surface area contributed by atoms with Crippen molar-refractivity contribution in [2.75, 3.05) is 0 Å². The van der Waals surface area contributed by atoms with Crippen molar-refractivity contribution in [2.45, 2.75) is 19.6 Å². The van der Waals surface area contributed by atoms with Crippen LogP contribution in [0.25, 0.3) is 10.9 Å². The lowest BCUT2D eigenvalue weighted by Gasteiger charge is -2.12. The highest BCUT2D eigenvalue weighted by molar-refractivity contribution is 5.78. The Hall–Kier alpha value is -3.74. The van der Waals surface area contributed by atoms with Crippen LogP contribution in [0.1, 0.15) is 11.1 Å². The Bertz CT molecular complexity index is 1160. The molecule has 0 aliphatic heterocycles. The molecule has 7 nitrogen and oxygen atoms in total. The molecule has 4 aromatic rings. The molecule has 0 spiro atoms. The van der Waals surface area contributed by atoms with Gasteiger partial charge in [0.2, 0.25) is 5.91 Å². The van der Waals surface area contributed by atoms with Crippen LogP contribution < -0.4 is 10.9 Å². The van der Waals surface area contributed by atoms with E-state index in [-0.39, 0.29) is 18.0 Å². The Kier molecular flexibility index (Phi) is 4.97. The van der Waals surface area contributed by atoms with E-state index < -0.39 is 0 Å². The molecule has 140 valence electrons. The van der Waals surface area contributed by atoms with Gasteiger partial charge in [0.05, 0.1) is 23.8 Å². The van der Waals surface area contributed by atoms with E-state index in [9.17, 15) is 9.59 Å². The maximum absolute atomic E-state index is 12.5. The van der Waals surface area contributed by atoms with E-state index in [0.717, 1.165) is 11.1 Å². The molecule has 0 unspecified atom stereocenters. The summed E-state index contributed by atoms with van der Waals surface area (Å²) in [4.78, 5) is 29.1. The molecule has 0 radical (unpaired) electrons. The van der Waals surface area contributed by atoms with Crippen molar-refractivity contribution in [3.63, 3.8) is 0 Å². The standard InChI is InChI=1S/C21H19N5O2/c27-20(14-25-15-23-19-9-4-3-8-18(19)21(25)28)22-12-16-6-1-2-7-17(16)13-26-11-5-10-24-26/h1-11,15H,12-14H2,(H,22,27). The summed E-state index contributed by atoms with van der Waals surface area (Å²) in [5.74, 6) is -0.243. The van der Waals surface area contributed by atoms with Gasteiger partial charge in [0, 0.05) is 18.9 Å². The molecule has 0 fully saturated rings. The maximum atomic E-state index is 12.5. The Balaban J connectivity index is 1.44. The zero-order chi connectivity index (χ0) is 19.3. The minimum absolute atomic E-state index is 0.0714. The van der Waals surface area contributed by atoms with E-state index in [1.165, 1.54) is 10.9 Å². The Morgan fingerprint density at radius 1 is 1.00 bits per heavy atom. The first kappa shape index (κ1) is 17.7. The van der Waals surface area contributed by atoms with E-state index in [0.29, 0.717) is 24.0 Å². The molecule has 2 aromatic heterocycles. The highest BCUT2D eigenvalue weighted by Gasteiger charge is 2.09. The number of fused-ring (bicyclic) bond motifs is 1. The van der Waals surface area contributed by atoms with Gasteiger partial charge < -0.3 is 5.32 Å². The molecular weight excluding hydrogens is 354 g/mol. The normalized spacial score (nSPS) is 10.9. The van der Waals surface area contributed by atoms with Gasteiger partial charge in [0.15, 0.2) is 0 Å². The smallest absolute Gasteiger partial charge is 0.261 e. The largest absolute Gasteiger partial charge is 0.350 e. The van der Waals surface area contributed by atoms with Crippen LogP contribution in [0, 0.1) is 0 Å². The van der Waals surface area contributed by atoms with E-state index in [4.69, 9.17) is 0 Å². The summed E-state index contributed by atoms with van der Waals surface area (Å²) < 4.78 is 3.16. The Labute approximate surface area is 161 Å². The number of aromatic nitrogens is 4. The van der Waals surface area contributed by atoms with Gasteiger partial charge in [-0.2, -0.15) is 5.10 Å². The molecule has 28 heavy (non-hydrogen) atoms. The average molecular weight is 373 g/mol. The van der Waals surface area contributed by atoms with E-state index in [2.05, 4.69) is 15.4 Å². The number of nitrogens with one attached hydrogen (secondary N) is 1. The third-order valence-electron chi connectivity index (χ3n) is 4.53. The molecule has 0 aliphatic carbocycles. The number of para-hydroxylation sites is 1. The second-order valence-electron chi connectivity index (χ2n) is 6.44. The number of nitrogens with zero attached hydrogens (tertiary/aromatic N) is 4. The topological polar surface area (TPSA) is 81.8 Å². The van der Waals surface area contributed by atoms with Crippen molar-refractivity contribution in [3.05, 3.63) is 94.8 Å². The van der Waals surface area contributed by atoms with Crippen molar-refractivity contribution >= 4 is 16.8 Å². The van der Waals surface area contributed by atoms with Crippen LogP contribution in [-0.2, 0) is 24.4 Å². The number of rotatable bonds is 6. The molecule has 2 aromatic carbocycles. The van der Waals surface area contributed by atoms with Crippen LogP contribution in [0.15, 0.2) is 78.1 Å². The van der Waals surface area contributed by atoms with Gasteiger partial charge in [-0.25, -0.2) is 4.98 Å². The third kappa shape index (κ3) is 3.83. The van der Waals surface area contributed by atoms with Gasteiger partial charge in [0.25, 0.3) is 5.56 Å². The first-order valence-corrected chi connectivity index (χ1v) is 8.96.